The number of methoxy groups -OCH3 is 1. The summed E-state index contributed by atoms with van der Waals surface area (Å²) in [6.45, 7) is 8.75. The summed E-state index contributed by atoms with van der Waals surface area (Å²) in [5, 5.41) is 11.8. The van der Waals surface area contributed by atoms with E-state index in [-0.39, 0.29) is 30.1 Å². The van der Waals surface area contributed by atoms with Gasteiger partial charge >= 0.3 is 17.9 Å². The lowest BCUT2D eigenvalue weighted by molar-refractivity contribution is -0.178. The minimum atomic E-state index is -0.969. The third-order valence-electron chi connectivity index (χ3n) is 9.28. The largest absolute Gasteiger partial charge is 0.459 e. The van der Waals surface area contributed by atoms with Crippen LogP contribution in [0, 0.1) is 29.6 Å². The minimum absolute atomic E-state index is 0.200. The molecule has 4 aliphatic rings. The Labute approximate surface area is 234 Å². The van der Waals surface area contributed by atoms with Crippen LogP contribution in [0.3, 0.4) is 0 Å². The highest BCUT2D eigenvalue weighted by Gasteiger charge is 2.69. The van der Waals surface area contributed by atoms with Crippen molar-refractivity contribution in [2.24, 2.45) is 29.6 Å². The average Bonchev–Trinajstić information content (AvgIpc) is 3.50. The van der Waals surface area contributed by atoms with Gasteiger partial charge in [0, 0.05) is 49.8 Å². The molecule has 4 bridgehead atoms. The number of nitrogens with one attached hydrogen (secondary N) is 1. The van der Waals surface area contributed by atoms with Crippen molar-refractivity contribution in [2.45, 2.75) is 83.3 Å². The molecule has 1 saturated carbocycles. The number of H-pyrrole nitrogens is 1. The molecule has 3 heterocycles. The van der Waals surface area contributed by atoms with E-state index in [2.05, 4.69) is 4.98 Å². The second-order valence-electron chi connectivity index (χ2n) is 11.7. The van der Waals surface area contributed by atoms with E-state index in [1.54, 1.807) is 25.3 Å². The summed E-state index contributed by atoms with van der Waals surface area (Å²) in [5.74, 6) is -3.12. The van der Waals surface area contributed by atoms with Gasteiger partial charge < -0.3 is 33.8 Å². The van der Waals surface area contributed by atoms with Gasteiger partial charge in [0.2, 0.25) is 0 Å². The van der Waals surface area contributed by atoms with Crippen LogP contribution >= 0.6 is 0 Å². The lowest BCUT2D eigenvalue weighted by Gasteiger charge is -2.48. The lowest BCUT2D eigenvalue weighted by Crippen LogP contribution is -2.57. The summed E-state index contributed by atoms with van der Waals surface area (Å²) in [6.07, 6.45) is 3.58. The van der Waals surface area contributed by atoms with Crippen molar-refractivity contribution in [2.75, 3.05) is 7.11 Å². The molecule has 40 heavy (non-hydrogen) atoms. The number of aromatic amines is 1. The number of aromatic nitrogens is 1. The number of hydrogen-bond donors (Lipinski definition) is 2. The Kier molecular flexibility index (Phi) is 7.71. The Morgan fingerprint density at radius 3 is 2.65 bits per heavy atom. The van der Waals surface area contributed by atoms with E-state index < -0.39 is 66.1 Å². The summed E-state index contributed by atoms with van der Waals surface area (Å²) in [7, 11) is 1.46. The predicted octanol–water partition coefficient (Wildman–Crippen LogP) is 2.97. The number of rotatable bonds is 5. The fraction of sp³-hybridized carbons (Fsp3) is 0.633. The van der Waals surface area contributed by atoms with Crippen molar-refractivity contribution in [1.29, 1.82) is 0 Å². The monoisotopic (exact) mass is 557 g/mol. The molecule has 1 saturated heterocycles. The van der Waals surface area contributed by atoms with Gasteiger partial charge in [-0.05, 0) is 38.0 Å². The normalized spacial score (nSPS) is 42.6. The molecule has 1 aromatic rings. The predicted molar refractivity (Wildman–Crippen MR) is 142 cm³/mol. The standard InChI is InChI=1S/C30H39NO9/c1-14-12-15(2)30-19(13-22(36-6)29(35)38-25(14)17(4)37-18(5)32)9-10-20-23(30)24(33)16(3)26(27(20)40-30)39-28(34)21-8-7-11-31-21/h7-12,14,16-17,19-20,22-27,31,33H,13H2,1-6H3/b15-12+/t14-,16-,17?,19?,20-,22+,23+,24-,25+,26-,27-,30+/m1/s1. The Morgan fingerprint density at radius 1 is 1.25 bits per heavy atom. The van der Waals surface area contributed by atoms with Gasteiger partial charge in [0.15, 0.2) is 6.10 Å². The molecule has 2 N–H and O–H groups in total. The maximum Gasteiger partial charge on any atom is 0.355 e. The molecule has 0 radical (unpaired) electrons. The zero-order valence-corrected chi connectivity index (χ0v) is 23.7. The Balaban J connectivity index is 1.56. The van der Waals surface area contributed by atoms with Gasteiger partial charge in [0.05, 0.1) is 6.10 Å². The highest BCUT2D eigenvalue weighted by molar-refractivity contribution is 5.87. The highest BCUT2D eigenvalue weighted by atomic mass is 16.6. The van der Waals surface area contributed by atoms with Crippen LogP contribution in [0.15, 0.2) is 42.1 Å². The molecule has 10 heteroatoms. The van der Waals surface area contributed by atoms with Gasteiger partial charge in [-0.25, -0.2) is 9.59 Å². The summed E-state index contributed by atoms with van der Waals surface area (Å²) in [6, 6.07) is 3.36. The molecule has 2 fully saturated rings. The number of aliphatic hydroxyl groups is 1. The third kappa shape index (κ3) is 4.59. The van der Waals surface area contributed by atoms with Crippen molar-refractivity contribution in [3.63, 3.8) is 0 Å². The number of aliphatic hydroxyl groups excluding tert-OH is 1. The molecule has 5 rings (SSSR count). The van der Waals surface area contributed by atoms with E-state index in [1.807, 2.05) is 39.0 Å². The second kappa shape index (κ2) is 10.8. The van der Waals surface area contributed by atoms with Gasteiger partial charge in [0.1, 0.15) is 35.7 Å². The molecule has 2 unspecified atom stereocenters. The topological polar surface area (TPSA) is 133 Å². The molecular weight excluding hydrogens is 518 g/mol. The van der Waals surface area contributed by atoms with E-state index in [0.29, 0.717) is 5.69 Å². The van der Waals surface area contributed by atoms with Crippen LogP contribution in [0.25, 0.3) is 0 Å². The van der Waals surface area contributed by atoms with E-state index in [1.165, 1.54) is 14.0 Å². The zero-order valence-electron chi connectivity index (χ0n) is 23.7. The van der Waals surface area contributed by atoms with Crippen molar-refractivity contribution in [3.8, 4) is 0 Å². The number of carbonyl (C=O) groups is 3. The fourth-order valence-corrected chi connectivity index (χ4v) is 7.46. The number of esters is 3. The van der Waals surface area contributed by atoms with Crippen LogP contribution in [0.1, 0.15) is 51.5 Å². The van der Waals surface area contributed by atoms with Crippen LogP contribution in [-0.4, -0.2) is 77.3 Å². The van der Waals surface area contributed by atoms with Crippen LogP contribution in [0.5, 0.6) is 0 Å². The minimum Gasteiger partial charge on any atom is -0.459 e. The maximum atomic E-state index is 13.3. The van der Waals surface area contributed by atoms with Crippen LogP contribution in [-0.2, 0) is 33.3 Å². The van der Waals surface area contributed by atoms with E-state index >= 15 is 0 Å². The lowest BCUT2D eigenvalue weighted by atomic mass is 9.57. The first-order valence-corrected chi connectivity index (χ1v) is 14.0. The van der Waals surface area contributed by atoms with Gasteiger partial charge in [0.25, 0.3) is 0 Å². The first-order chi connectivity index (χ1) is 19.0. The maximum absolute atomic E-state index is 13.3. The van der Waals surface area contributed by atoms with Crippen LogP contribution in [0.4, 0.5) is 0 Å². The Morgan fingerprint density at radius 2 is 2.00 bits per heavy atom. The number of hydrogen-bond acceptors (Lipinski definition) is 9. The Hall–Kier alpha value is -2.95. The van der Waals surface area contributed by atoms with Gasteiger partial charge in [-0.3, -0.25) is 4.79 Å². The highest BCUT2D eigenvalue weighted by Crippen LogP contribution is 2.61. The zero-order chi connectivity index (χ0) is 28.9. The van der Waals surface area contributed by atoms with Gasteiger partial charge in [-0.15, -0.1) is 0 Å². The van der Waals surface area contributed by atoms with Gasteiger partial charge in [-0.2, -0.15) is 0 Å². The molecule has 12 atom stereocenters. The fourth-order valence-electron chi connectivity index (χ4n) is 7.46. The van der Waals surface area contributed by atoms with Gasteiger partial charge in [-0.1, -0.05) is 32.1 Å². The summed E-state index contributed by atoms with van der Waals surface area (Å²) in [4.78, 5) is 40.8. The third-order valence-corrected chi connectivity index (χ3v) is 9.28. The molecule has 218 valence electrons. The molecule has 1 spiro atoms. The quantitative estimate of drug-likeness (QED) is 0.318. The molecule has 0 aromatic carbocycles. The number of carbonyl (C=O) groups excluding carboxylic acids is 3. The molecule has 2 aliphatic carbocycles. The molecular formula is C30H39NO9. The van der Waals surface area contributed by atoms with E-state index in [4.69, 9.17) is 23.7 Å². The molecule has 2 aliphatic heterocycles. The number of ether oxygens (including phenoxy) is 5. The Bertz CT molecular complexity index is 1190. The van der Waals surface area contributed by atoms with Crippen molar-refractivity contribution in [3.05, 3.63) is 47.8 Å². The van der Waals surface area contributed by atoms with Crippen molar-refractivity contribution < 1.29 is 43.2 Å². The summed E-state index contributed by atoms with van der Waals surface area (Å²) in [5.41, 5.74) is 0.236. The summed E-state index contributed by atoms with van der Waals surface area (Å²) < 4.78 is 29.9. The van der Waals surface area contributed by atoms with Crippen molar-refractivity contribution in [1.82, 2.24) is 4.98 Å². The molecule has 0 amide bonds. The number of cyclic esters (lactones) is 1. The first-order valence-electron chi connectivity index (χ1n) is 14.0. The van der Waals surface area contributed by atoms with E-state index in [0.717, 1.165) is 5.57 Å². The van der Waals surface area contributed by atoms with E-state index in [9.17, 15) is 19.5 Å². The molecule has 10 nitrogen and oxygen atoms in total. The van der Waals surface area contributed by atoms with Crippen LogP contribution < -0.4 is 0 Å². The first kappa shape index (κ1) is 28.6. The summed E-state index contributed by atoms with van der Waals surface area (Å²) >= 11 is 0. The average molecular weight is 558 g/mol. The molecule has 1 aromatic heterocycles. The smallest absolute Gasteiger partial charge is 0.355 e. The van der Waals surface area contributed by atoms with Crippen molar-refractivity contribution >= 4 is 17.9 Å². The second-order valence-corrected chi connectivity index (χ2v) is 11.7. The SMILES string of the molecule is CO[C@H]1CC2C=C[C@H]3[C@H]4O[C@]2(/C(C)=C/[C@@H](C)[C@@H](C(C)OC(C)=O)OC1=O)[C@@H]3[C@H](O)[C@@H](C)[C@H]4OC(=O)c1ccc[nH]1. The van der Waals surface area contributed by atoms with Crippen LogP contribution in [0.2, 0.25) is 0 Å².